The Labute approximate surface area is 111 Å². The van der Waals surface area contributed by atoms with E-state index in [-0.39, 0.29) is 0 Å². The summed E-state index contributed by atoms with van der Waals surface area (Å²) in [6, 6.07) is 11.2. The Kier molecular flexibility index (Phi) is 3.69. The molecule has 0 unspecified atom stereocenters. The number of thiazole rings is 1. The molecule has 3 rings (SSSR count). The van der Waals surface area contributed by atoms with Crippen molar-refractivity contribution in [3.63, 3.8) is 0 Å². The summed E-state index contributed by atoms with van der Waals surface area (Å²) in [6.45, 7) is 4.20. The molecule has 1 aromatic carbocycles. The molecule has 2 heterocycles. The summed E-state index contributed by atoms with van der Waals surface area (Å²) in [4.78, 5) is 8.05. The highest BCUT2D eigenvalue weighted by Gasteiger charge is 2.23. The minimum atomic E-state index is 0.474. The maximum atomic E-state index is 4.16. The van der Waals surface area contributed by atoms with Crippen LogP contribution in [0.1, 0.15) is 16.5 Å². The molecule has 1 atom stereocenters. The van der Waals surface area contributed by atoms with Gasteiger partial charge >= 0.3 is 0 Å². The van der Waals surface area contributed by atoms with Crippen LogP contribution in [0.5, 0.6) is 0 Å². The summed E-state index contributed by atoms with van der Waals surface area (Å²) in [5, 5.41) is 3.49. The lowest BCUT2D eigenvalue weighted by molar-refractivity contribution is 0.155. The fraction of sp³-hybridized carbons (Fsp3) is 0.357. The second-order valence-corrected chi connectivity index (χ2v) is 5.54. The minimum absolute atomic E-state index is 0.474. The van der Waals surface area contributed by atoms with Crippen LogP contribution in [0, 0.1) is 0 Å². The van der Waals surface area contributed by atoms with Gasteiger partial charge < -0.3 is 5.32 Å². The molecule has 1 aromatic heterocycles. The van der Waals surface area contributed by atoms with Crippen molar-refractivity contribution < 1.29 is 0 Å². The van der Waals surface area contributed by atoms with Crippen molar-refractivity contribution in [2.75, 3.05) is 19.6 Å². The number of hydrogen-bond acceptors (Lipinski definition) is 4. The molecule has 18 heavy (non-hydrogen) atoms. The first-order valence-electron chi connectivity index (χ1n) is 6.30. The van der Waals surface area contributed by atoms with Crippen LogP contribution in [0.3, 0.4) is 0 Å². The van der Waals surface area contributed by atoms with Crippen molar-refractivity contribution in [3.8, 4) is 0 Å². The molecule has 3 nitrogen and oxygen atoms in total. The Morgan fingerprint density at radius 1 is 1.33 bits per heavy atom. The van der Waals surface area contributed by atoms with Gasteiger partial charge in [0, 0.05) is 43.3 Å². The minimum Gasteiger partial charge on any atom is -0.314 e. The van der Waals surface area contributed by atoms with Crippen molar-refractivity contribution in [3.05, 3.63) is 52.5 Å². The number of aromatic nitrogens is 1. The molecule has 4 heteroatoms. The van der Waals surface area contributed by atoms with Gasteiger partial charge in [-0.05, 0) is 5.56 Å². The van der Waals surface area contributed by atoms with E-state index in [1.54, 1.807) is 11.3 Å². The van der Waals surface area contributed by atoms with Gasteiger partial charge in [0.25, 0.3) is 0 Å². The normalized spacial score (nSPS) is 21.0. The van der Waals surface area contributed by atoms with Crippen LogP contribution >= 0.6 is 11.3 Å². The molecule has 1 aliphatic heterocycles. The monoisotopic (exact) mass is 259 g/mol. The summed E-state index contributed by atoms with van der Waals surface area (Å²) in [5.74, 6) is 0. The summed E-state index contributed by atoms with van der Waals surface area (Å²) in [6.07, 6.45) is 1.98. The van der Waals surface area contributed by atoms with Crippen molar-refractivity contribution in [1.82, 2.24) is 15.2 Å². The average molecular weight is 259 g/mol. The summed E-state index contributed by atoms with van der Waals surface area (Å²) in [5.41, 5.74) is 3.31. The molecule has 94 valence electrons. The largest absolute Gasteiger partial charge is 0.314 e. The number of hydrogen-bond donors (Lipinski definition) is 1. The third kappa shape index (κ3) is 2.61. The molecule has 0 saturated carbocycles. The highest BCUT2D eigenvalue weighted by atomic mass is 32.1. The number of piperazine rings is 1. The third-order valence-electron chi connectivity index (χ3n) is 3.38. The zero-order chi connectivity index (χ0) is 12.2. The van der Waals surface area contributed by atoms with Crippen LogP contribution in [0.15, 0.2) is 42.0 Å². The van der Waals surface area contributed by atoms with Gasteiger partial charge in [-0.1, -0.05) is 30.3 Å². The van der Waals surface area contributed by atoms with Crippen LogP contribution in [-0.4, -0.2) is 29.5 Å². The maximum absolute atomic E-state index is 4.16. The molecule has 2 aromatic rings. The van der Waals surface area contributed by atoms with Crippen LogP contribution in [0.25, 0.3) is 0 Å². The highest BCUT2D eigenvalue weighted by Crippen LogP contribution is 2.24. The van der Waals surface area contributed by atoms with Crippen molar-refractivity contribution >= 4 is 11.3 Å². The zero-order valence-electron chi connectivity index (χ0n) is 10.2. The quantitative estimate of drug-likeness (QED) is 0.916. The van der Waals surface area contributed by atoms with E-state index in [2.05, 4.69) is 45.5 Å². The maximum Gasteiger partial charge on any atom is 0.0794 e. The summed E-state index contributed by atoms with van der Waals surface area (Å²) < 4.78 is 0. The summed E-state index contributed by atoms with van der Waals surface area (Å²) in [7, 11) is 0. The lowest BCUT2D eigenvalue weighted by Gasteiger charge is -2.36. The van der Waals surface area contributed by atoms with Gasteiger partial charge in [0.15, 0.2) is 0 Å². The van der Waals surface area contributed by atoms with Gasteiger partial charge in [-0.3, -0.25) is 9.88 Å². The lowest BCUT2D eigenvalue weighted by atomic mass is 10.0. The van der Waals surface area contributed by atoms with Crippen molar-refractivity contribution in [1.29, 1.82) is 0 Å². The predicted molar refractivity (Wildman–Crippen MR) is 74.6 cm³/mol. The molecule has 1 aliphatic rings. The van der Waals surface area contributed by atoms with Crippen molar-refractivity contribution in [2.24, 2.45) is 0 Å². The fourth-order valence-corrected chi connectivity index (χ4v) is 3.08. The first-order chi connectivity index (χ1) is 8.93. The second-order valence-electron chi connectivity index (χ2n) is 4.57. The number of nitrogens with zero attached hydrogens (tertiary/aromatic N) is 2. The van der Waals surface area contributed by atoms with Gasteiger partial charge in [-0.2, -0.15) is 0 Å². The molecule has 0 spiro atoms. The van der Waals surface area contributed by atoms with Gasteiger partial charge in [-0.15, -0.1) is 11.3 Å². The van der Waals surface area contributed by atoms with Gasteiger partial charge in [0.2, 0.25) is 0 Å². The molecule has 0 bridgehead atoms. The standard InChI is InChI=1S/C14H17N3S/c1-2-4-12(5-3-1)14-9-15-6-7-17(14)10-13-8-16-11-18-13/h1-5,8,11,14-15H,6-7,9-10H2/t14-/m0/s1. The van der Waals surface area contributed by atoms with Crippen LogP contribution in [0.4, 0.5) is 0 Å². The highest BCUT2D eigenvalue weighted by molar-refractivity contribution is 7.09. The Balaban J connectivity index is 1.78. The SMILES string of the molecule is c1ccc([C@@H]2CNCCN2Cc2cncs2)cc1. The molecule has 1 saturated heterocycles. The fourth-order valence-electron chi connectivity index (χ4n) is 2.46. The second kappa shape index (κ2) is 5.61. The van der Waals surface area contributed by atoms with Gasteiger partial charge in [0.1, 0.15) is 0 Å². The average Bonchev–Trinajstić information content (AvgIpc) is 2.93. The van der Waals surface area contributed by atoms with Crippen LogP contribution in [-0.2, 0) is 6.54 Å². The molecular weight excluding hydrogens is 242 g/mol. The van der Waals surface area contributed by atoms with Gasteiger partial charge in [-0.25, -0.2) is 0 Å². The number of benzene rings is 1. The van der Waals surface area contributed by atoms with Crippen molar-refractivity contribution in [2.45, 2.75) is 12.6 Å². The van der Waals surface area contributed by atoms with Crippen LogP contribution < -0.4 is 5.32 Å². The third-order valence-corrected chi connectivity index (χ3v) is 4.15. The van der Waals surface area contributed by atoms with E-state index in [0.29, 0.717) is 6.04 Å². The van der Waals surface area contributed by atoms with Crippen LogP contribution in [0.2, 0.25) is 0 Å². The first-order valence-corrected chi connectivity index (χ1v) is 7.18. The molecule has 0 aliphatic carbocycles. The molecular formula is C14H17N3S. The Hall–Kier alpha value is -1.23. The van der Waals surface area contributed by atoms with E-state index in [0.717, 1.165) is 26.2 Å². The number of nitrogens with one attached hydrogen (secondary N) is 1. The number of rotatable bonds is 3. The van der Waals surface area contributed by atoms with E-state index in [9.17, 15) is 0 Å². The topological polar surface area (TPSA) is 28.2 Å². The van der Waals surface area contributed by atoms with E-state index in [1.165, 1.54) is 10.4 Å². The van der Waals surface area contributed by atoms with E-state index in [4.69, 9.17) is 0 Å². The van der Waals surface area contributed by atoms with E-state index in [1.807, 2.05) is 11.7 Å². The van der Waals surface area contributed by atoms with E-state index < -0.39 is 0 Å². The molecule has 0 amide bonds. The van der Waals surface area contributed by atoms with Gasteiger partial charge in [0.05, 0.1) is 5.51 Å². The molecule has 0 radical (unpaired) electrons. The molecule has 1 fully saturated rings. The molecule has 1 N–H and O–H groups in total. The Bertz CT molecular complexity index is 469. The first kappa shape index (κ1) is 11.8. The lowest BCUT2D eigenvalue weighted by Crippen LogP contribution is -2.45. The Morgan fingerprint density at radius 2 is 2.22 bits per heavy atom. The Morgan fingerprint density at radius 3 is 3.00 bits per heavy atom. The smallest absolute Gasteiger partial charge is 0.0794 e. The summed E-state index contributed by atoms with van der Waals surface area (Å²) >= 11 is 1.74. The predicted octanol–water partition coefficient (Wildman–Crippen LogP) is 2.29. The van der Waals surface area contributed by atoms with E-state index >= 15 is 0 Å². The zero-order valence-corrected chi connectivity index (χ0v) is 11.1.